The van der Waals surface area contributed by atoms with Gasteiger partial charge in [-0.25, -0.2) is 19.0 Å². The summed E-state index contributed by atoms with van der Waals surface area (Å²) >= 11 is 0. The zero-order chi connectivity index (χ0) is 29.6. The van der Waals surface area contributed by atoms with Crippen LogP contribution in [0.1, 0.15) is 50.4 Å². The molecule has 0 saturated carbocycles. The summed E-state index contributed by atoms with van der Waals surface area (Å²) in [6, 6.07) is 20.0. The van der Waals surface area contributed by atoms with Gasteiger partial charge in [-0.05, 0) is 68.3 Å². The Labute approximate surface area is 240 Å². The van der Waals surface area contributed by atoms with Crippen LogP contribution in [0.3, 0.4) is 0 Å². The molecule has 6 rings (SSSR count). The van der Waals surface area contributed by atoms with E-state index in [2.05, 4.69) is 36.7 Å². The zero-order valence-electron chi connectivity index (χ0n) is 23.3. The number of carboxylic acids is 1. The van der Waals surface area contributed by atoms with E-state index >= 15 is 0 Å². The molecule has 12 heteroatoms. The van der Waals surface area contributed by atoms with Gasteiger partial charge >= 0.3 is 11.9 Å². The third-order valence-corrected chi connectivity index (χ3v) is 6.26. The molecule has 4 heterocycles. The van der Waals surface area contributed by atoms with Crippen molar-refractivity contribution in [1.82, 2.24) is 40.0 Å². The van der Waals surface area contributed by atoms with E-state index in [4.69, 9.17) is 9.84 Å². The number of nitrogens with zero attached hydrogens (tertiary/aromatic N) is 8. The molecule has 212 valence electrons. The first-order valence-corrected chi connectivity index (χ1v) is 13.2. The van der Waals surface area contributed by atoms with Crippen molar-refractivity contribution < 1.29 is 19.4 Å². The minimum atomic E-state index is -1.07. The summed E-state index contributed by atoms with van der Waals surface area (Å²) < 4.78 is 8.02. The minimum Gasteiger partial charge on any atom is -0.476 e. The van der Waals surface area contributed by atoms with Crippen molar-refractivity contribution in [2.45, 2.75) is 33.9 Å². The zero-order valence-corrected chi connectivity index (χ0v) is 23.3. The number of hydrogen-bond acceptors (Lipinski definition) is 9. The Morgan fingerprint density at radius 3 is 1.71 bits per heavy atom. The van der Waals surface area contributed by atoms with Crippen LogP contribution in [0.25, 0.3) is 21.8 Å². The van der Waals surface area contributed by atoms with E-state index in [0.29, 0.717) is 19.7 Å². The molecule has 0 amide bonds. The normalized spacial score (nSPS) is 10.8. The molecular weight excluding hydrogens is 536 g/mol. The van der Waals surface area contributed by atoms with Crippen LogP contribution in [0.5, 0.6) is 0 Å². The lowest BCUT2D eigenvalue weighted by Gasteiger charge is -2.04. The van der Waals surface area contributed by atoms with Crippen molar-refractivity contribution >= 4 is 33.7 Å². The van der Waals surface area contributed by atoms with Crippen LogP contribution >= 0.6 is 0 Å². The molecule has 12 nitrogen and oxygen atoms in total. The molecule has 0 radical (unpaired) electrons. The van der Waals surface area contributed by atoms with Gasteiger partial charge in [0.05, 0.1) is 43.1 Å². The molecular formula is C30H28N8O4. The van der Waals surface area contributed by atoms with Crippen LogP contribution in [0.4, 0.5) is 0 Å². The highest BCUT2D eigenvalue weighted by Gasteiger charge is 2.12. The van der Waals surface area contributed by atoms with Gasteiger partial charge in [-0.3, -0.25) is 9.97 Å². The number of pyridine rings is 2. The largest absolute Gasteiger partial charge is 0.476 e. The van der Waals surface area contributed by atoms with E-state index < -0.39 is 11.9 Å². The molecule has 4 aromatic heterocycles. The van der Waals surface area contributed by atoms with Crippen LogP contribution < -0.4 is 0 Å². The molecule has 0 aliphatic rings. The molecule has 42 heavy (non-hydrogen) atoms. The first kappa shape index (κ1) is 28.0. The van der Waals surface area contributed by atoms with E-state index in [-0.39, 0.29) is 11.4 Å². The van der Waals surface area contributed by atoms with Crippen LogP contribution in [-0.2, 0) is 17.8 Å². The second-order valence-corrected chi connectivity index (χ2v) is 9.59. The summed E-state index contributed by atoms with van der Waals surface area (Å²) in [5.74, 6) is -1.53. The fourth-order valence-corrected chi connectivity index (χ4v) is 4.27. The minimum absolute atomic E-state index is 0.0527. The standard InChI is InChI=1S/C16H16N4O2.C14H12N4O2/c1-3-22-16(21)15-10-20(19-18-15)9-12-5-7-14-13(8-12)6-4-11(2)17-14;1-9-2-4-11-6-10(3-5-12(11)15-9)7-18-8-13(14(19)20)16-17-18/h4-8,10H,3,9H2,1-2H3;2-6,8H,7H2,1H3,(H,19,20). The second-order valence-electron chi connectivity index (χ2n) is 9.59. The number of fused-ring (bicyclic) bond motifs is 2. The SMILES string of the molecule is CCOC(=O)c1cn(Cc2ccc3nc(C)ccc3c2)nn1.Cc1ccc2cc(Cn3cc(C(=O)O)nn3)ccc2n1. The van der Waals surface area contributed by atoms with Crippen LogP contribution in [0.15, 0.2) is 73.1 Å². The fraction of sp³-hybridized carbons (Fsp3) is 0.200. The van der Waals surface area contributed by atoms with Crippen LogP contribution in [-0.4, -0.2) is 63.6 Å². The number of rotatable bonds is 7. The highest BCUT2D eigenvalue weighted by atomic mass is 16.5. The maximum absolute atomic E-state index is 11.6. The van der Waals surface area contributed by atoms with Gasteiger partial charge < -0.3 is 9.84 Å². The molecule has 2 aromatic carbocycles. The first-order valence-electron chi connectivity index (χ1n) is 13.2. The van der Waals surface area contributed by atoms with Gasteiger partial charge in [0.1, 0.15) is 0 Å². The van der Waals surface area contributed by atoms with Gasteiger partial charge in [0.2, 0.25) is 0 Å². The van der Waals surface area contributed by atoms with E-state index in [9.17, 15) is 9.59 Å². The van der Waals surface area contributed by atoms with Crippen LogP contribution in [0.2, 0.25) is 0 Å². The molecule has 0 spiro atoms. The molecule has 0 unspecified atom stereocenters. The first-order chi connectivity index (χ1) is 20.3. The number of benzene rings is 2. The van der Waals surface area contributed by atoms with Gasteiger partial charge in [0, 0.05) is 22.2 Å². The Hall–Kier alpha value is -5.52. The summed E-state index contributed by atoms with van der Waals surface area (Å²) in [5, 5.41) is 26.1. The monoisotopic (exact) mass is 564 g/mol. The number of aryl methyl sites for hydroxylation is 2. The van der Waals surface area contributed by atoms with Gasteiger partial charge in [-0.15, -0.1) is 10.2 Å². The molecule has 0 fully saturated rings. The Morgan fingerprint density at radius 2 is 1.24 bits per heavy atom. The van der Waals surface area contributed by atoms with Gasteiger partial charge in [0.15, 0.2) is 11.4 Å². The molecule has 6 aromatic rings. The third-order valence-electron chi connectivity index (χ3n) is 6.26. The van der Waals surface area contributed by atoms with E-state index in [1.807, 2.05) is 68.4 Å². The van der Waals surface area contributed by atoms with Crippen molar-refractivity contribution in [3.8, 4) is 0 Å². The molecule has 0 aliphatic heterocycles. The summed E-state index contributed by atoms with van der Waals surface area (Å²) in [6.07, 6.45) is 3.01. The Kier molecular flexibility index (Phi) is 8.23. The number of aromatic carboxylic acids is 1. The molecule has 0 saturated heterocycles. The number of aromatic nitrogens is 8. The highest BCUT2D eigenvalue weighted by Crippen LogP contribution is 2.17. The van der Waals surface area contributed by atoms with Crippen LogP contribution in [0, 0.1) is 13.8 Å². The fourth-order valence-electron chi connectivity index (χ4n) is 4.27. The summed E-state index contributed by atoms with van der Waals surface area (Å²) in [6.45, 7) is 7.02. The molecule has 0 aliphatic carbocycles. The smallest absolute Gasteiger partial charge is 0.360 e. The Balaban J connectivity index is 0.000000169. The number of ether oxygens (including phenoxy) is 1. The van der Waals surface area contributed by atoms with E-state index in [1.165, 1.54) is 10.9 Å². The molecule has 1 N–H and O–H groups in total. The highest BCUT2D eigenvalue weighted by molar-refractivity contribution is 5.86. The van der Waals surface area contributed by atoms with E-state index in [0.717, 1.165) is 44.3 Å². The van der Waals surface area contributed by atoms with Crippen molar-refractivity contribution in [1.29, 1.82) is 0 Å². The predicted octanol–water partition coefficient (Wildman–Crippen LogP) is 4.24. The number of esters is 1. The van der Waals surface area contributed by atoms with E-state index in [1.54, 1.807) is 17.8 Å². The topological polar surface area (TPSA) is 151 Å². The average molecular weight is 565 g/mol. The van der Waals surface area contributed by atoms with Crippen molar-refractivity contribution in [2.75, 3.05) is 6.61 Å². The van der Waals surface area contributed by atoms with Gasteiger partial charge in [-0.2, -0.15) is 0 Å². The van der Waals surface area contributed by atoms with Crippen molar-refractivity contribution in [3.05, 3.63) is 107 Å². The van der Waals surface area contributed by atoms with Crippen molar-refractivity contribution in [3.63, 3.8) is 0 Å². The summed E-state index contributed by atoms with van der Waals surface area (Å²) in [5.41, 5.74) is 6.14. The quantitative estimate of drug-likeness (QED) is 0.279. The number of carbonyl (C=O) groups excluding carboxylic acids is 1. The summed E-state index contributed by atoms with van der Waals surface area (Å²) in [7, 11) is 0. The number of carboxylic acid groups (broad SMARTS) is 1. The lowest BCUT2D eigenvalue weighted by Crippen LogP contribution is -2.05. The molecule has 0 atom stereocenters. The third kappa shape index (κ3) is 6.78. The van der Waals surface area contributed by atoms with Gasteiger partial charge in [-0.1, -0.05) is 34.7 Å². The lowest BCUT2D eigenvalue weighted by molar-refractivity contribution is 0.0518. The Bertz CT molecular complexity index is 1900. The predicted molar refractivity (Wildman–Crippen MR) is 154 cm³/mol. The molecule has 0 bridgehead atoms. The maximum atomic E-state index is 11.6. The Morgan fingerprint density at radius 1 is 0.738 bits per heavy atom. The van der Waals surface area contributed by atoms with Crippen molar-refractivity contribution in [2.24, 2.45) is 0 Å². The summed E-state index contributed by atoms with van der Waals surface area (Å²) in [4.78, 5) is 31.2. The average Bonchev–Trinajstić information content (AvgIpc) is 3.64. The number of hydrogen-bond donors (Lipinski definition) is 1. The van der Waals surface area contributed by atoms with Gasteiger partial charge in [0.25, 0.3) is 0 Å². The number of carbonyl (C=O) groups is 2. The second kappa shape index (κ2) is 12.3. The lowest BCUT2D eigenvalue weighted by atomic mass is 10.1. The maximum Gasteiger partial charge on any atom is 0.360 e.